The molecule has 1 fully saturated rings. The quantitative estimate of drug-likeness (QED) is 0.420. The van der Waals surface area contributed by atoms with Gasteiger partial charge in [-0.3, -0.25) is 4.79 Å². The highest BCUT2D eigenvalue weighted by molar-refractivity contribution is 8.00. The number of aryl methyl sites for hydroxylation is 1. The van der Waals surface area contributed by atoms with Crippen LogP contribution in [0.2, 0.25) is 0 Å². The Morgan fingerprint density at radius 3 is 2.59 bits per heavy atom. The predicted octanol–water partition coefficient (Wildman–Crippen LogP) is 3.66. The Labute approximate surface area is 163 Å². The Morgan fingerprint density at radius 2 is 2.00 bits per heavy atom. The minimum Gasteiger partial charge on any atom is -0.462 e. The maximum Gasteiger partial charge on any atom is 0.340 e. The largest absolute Gasteiger partial charge is 0.462 e. The molecule has 0 unspecified atom stereocenters. The third kappa shape index (κ3) is 3.81. The summed E-state index contributed by atoms with van der Waals surface area (Å²) in [6, 6.07) is 0. The number of nitrogens with zero attached hydrogens (tertiary/aromatic N) is 3. The van der Waals surface area contributed by atoms with Gasteiger partial charge < -0.3 is 14.3 Å². The average molecular weight is 391 g/mol. The van der Waals surface area contributed by atoms with Crippen LogP contribution in [0, 0.1) is 13.8 Å². The van der Waals surface area contributed by atoms with Crippen LogP contribution in [0.4, 0.5) is 0 Å². The number of thioether (sulfide) groups is 1. The van der Waals surface area contributed by atoms with E-state index in [1.54, 1.807) is 20.8 Å². The molecule has 1 saturated carbocycles. The van der Waals surface area contributed by atoms with Crippen molar-refractivity contribution in [1.82, 2.24) is 19.7 Å². The molecule has 0 aromatic carbocycles. The third-order valence-corrected chi connectivity index (χ3v) is 5.90. The average Bonchev–Trinajstić information content (AvgIpc) is 3.33. The number of Topliss-reactive ketones (excluding diaryl/α,β-unsaturated/α-hetero) is 1. The zero-order valence-corrected chi connectivity index (χ0v) is 17.3. The third-order valence-electron chi connectivity index (χ3n) is 4.82. The van der Waals surface area contributed by atoms with E-state index < -0.39 is 5.97 Å². The Morgan fingerprint density at radius 1 is 1.30 bits per heavy atom. The minimum absolute atomic E-state index is 0.0604. The molecule has 1 aliphatic carbocycles. The van der Waals surface area contributed by atoms with Gasteiger partial charge in [0.15, 0.2) is 10.9 Å². The summed E-state index contributed by atoms with van der Waals surface area (Å²) in [6.45, 7) is 10.3. The molecule has 2 heterocycles. The smallest absolute Gasteiger partial charge is 0.340 e. The Balaban J connectivity index is 1.80. The van der Waals surface area contributed by atoms with E-state index in [0.29, 0.717) is 35.0 Å². The van der Waals surface area contributed by atoms with Crippen molar-refractivity contribution in [2.45, 2.75) is 70.3 Å². The number of esters is 1. The van der Waals surface area contributed by atoms with Crippen LogP contribution in [-0.4, -0.2) is 43.4 Å². The van der Waals surface area contributed by atoms with Gasteiger partial charge in [-0.05, 0) is 53.0 Å². The van der Waals surface area contributed by atoms with Gasteiger partial charge in [-0.2, -0.15) is 0 Å². The van der Waals surface area contributed by atoms with Crippen LogP contribution in [0.25, 0.3) is 0 Å². The number of carbonyl (C=O) groups is 2. The van der Waals surface area contributed by atoms with Crippen molar-refractivity contribution in [1.29, 1.82) is 0 Å². The Bertz CT molecular complexity index is 867. The molecule has 8 heteroatoms. The topological polar surface area (TPSA) is 89.9 Å². The number of H-pyrrole nitrogens is 1. The summed E-state index contributed by atoms with van der Waals surface area (Å²) in [7, 11) is 0. The van der Waals surface area contributed by atoms with Gasteiger partial charge in [-0.15, -0.1) is 10.2 Å². The zero-order valence-electron chi connectivity index (χ0n) is 16.5. The fraction of sp³-hybridized carbons (Fsp3) is 0.579. The lowest BCUT2D eigenvalue weighted by Gasteiger charge is -2.11. The number of rotatable bonds is 8. The van der Waals surface area contributed by atoms with Crippen LogP contribution in [0.15, 0.2) is 5.16 Å². The van der Waals surface area contributed by atoms with E-state index in [9.17, 15) is 9.59 Å². The van der Waals surface area contributed by atoms with Gasteiger partial charge in [0.25, 0.3) is 0 Å². The van der Waals surface area contributed by atoms with E-state index in [4.69, 9.17) is 4.74 Å². The van der Waals surface area contributed by atoms with Gasteiger partial charge in [0.1, 0.15) is 5.82 Å². The van der Waals surface area contributed by atoms with Gasteiger partial charge in [-0.25, -0.2) is 4.79 Å². The second-order valence-corrected chi connectivity index (χ2v) is 8.14. The summed E-state index contributed by atoms with van der Waals surface area (Å²) >= 11 is 1.41. The number of carbonyl (C=O) groups excluding carboxylic acids is 2. The first-order valence-electron chi connectivity index (χ1n) is 9.39. The molecule has 0 saturated heterocycles. The van der Waals surface area contributed by atoms with Gasteiger partial charge in [0, 0.05) is 18.2 Å². The number of aromatic nitrogens is 4. The van der Waals surface area contributed by atoms with E-state index in [1.165, 1.54) is 11.8 Å². The highest BCUT2D eigenvalue weighted by Gasteiger charge is 2.31. The molecule has 0 bridgehead atoms. The molecule has 7 nitrogen and oxygen atoms in total. The molecule has 0 radical (unpaired) electrons. The Hall–Kier alpha value is -2.09. The van der Waals surface area contributed by atoms with Crippen LogP contribution < -0.4 is 0 Å². The first kappa shape index (κ1) is 19.7. The summed E-state index contributed by atoms with van der Waals surface area (Å²) in [5, 5.41) is 9.05. The number of hydrogen-bond donors (Lipinski definition) is 1. The van der Waals surface area contributed by atoms with E-state index in [2.05, 4.69) is 26.7 Å². The zero-order chi connectivity index (χ0) is 19.7. The molecule has 1 atom stereocenters. The van der Waals surface area contributed by atoms with Crippen molar-refractivity contribution in [3.8, 4) is 0 Å². The summed E-state index contributed by atoms with van der Waals surface area (Å²) in [6.07, 6.45) is 2.32. The maximum atomic E-state index is 13.0. The molecular weight excluding hydrogens is 364 g/mol. The predicted molar refractivity (Wildman–Crippen MR) is 104 cm³/mol. The fourth-order valence-corrected chi connectivity index (χ4v) is 4.23. The van der Waals surface area contributed by atoms with Gasteiger partial charge in [-0.1, -0.05) is 11.8 Å². The lowest BCUT2D eigenvalue weighted by atomic mass is 10.1. The maximum absolute atomic E-state index is 13.0. The Kier molecular flexibility index (Phi) is 5.74. The number of nitrogens with one attached hydrogen (secondary N) is 1. The van der Waals surface area contributed by atoms with E-state index >= 15 is 0 Å². The van der Waals surface area contributed by atoms with Crippen molar-refractivity contribution in [3.05, 3.63) is 28.3 Å². The molecule has 0 aliphatic heterocycles. The van der Waals surface area contributed by atoms with E-state index in [1.807, 2.05) is 6.92 Å². The van der Waals surface area contributed by atoms with Crippen LogP contribution >= 0.6 is 11.8 Å². The molecule has 2 aromatic heterocycles. The van der Waals surface area contributed by atoms with Gasteiger partial charge in [0.2, 0.25) is 0 Å². The molecule has 0 spiro atoms. The van der Waals surface area contributed by atoms with Crippen molar-refractivity contribution < 1.29 is 14.3 Å². The molecule has 146 valence electrons. The second-order valence-electron chi connectivity index (χ2n) is 6.83. The molecule has 27 heavy (non-hydrogen) atoms. The van der Waals surface area contributed by atoms with Crippen LogP contribution in [0.3, 0.4) is 0 Å². The van der Waals surface area contributed by atoms with E-state index in [0.717, 1.165) is 30.4 Å². The normalized spacial score (nSPS) is 15.0. The minimum atomic E-state index is -0.400. The highest BCUT2D eigenvalue weighted by Crippen LogP contribution is 2.40. The van der Waals surface area contributed by atoms with Crippen molar-refractivity contribution in [2.75, 3.05) is 6.61 Å². The molecule has 2 aromatic rings. The lowest BCUT2D eigenvalue weighted by Crippen LogP contribution is -2.17. The molecular formula is C19H26N4O3S. The van der Waals surface area contributed by atoms with Crippen molar-refractivity contribution in [3.63, 3.8) is 0 Å². The number of ether oxygens (including phenoxy) is 1. The summed E-state index contributed by atoms with van der Waals surface area (Å²) in [5.41, 5.74) is 2.20. The van der Waals surface area contributed by atoms with Crippen molar-refractivity contribution >= 4 is 23.5 Å². The molecule has 1 aliphatic rings. The van der Waals surface area contributed by atoms with Crippen LogP contribution in [0.1, 0.15) is 77.5 Å². The lowest BCUT2D eigenvalue weighted by molar-refractivity contribution is 0.0525. The first-order chi connectivity index (χ1) is 12.9. The van der Waals surface area contributed by atoms with Gasteiger partial charge >= 0.3 is 5.97 Å². The molecule has 0 amide bonds. The highest BCUT2D eigenvalue weighted by atomic mass is 32.2. The summed E-state index contributed by atoms with van der Waals surface area (Å²) in [5.74, 6) is 1.08. The molecule has 3 rings (SSSR count). The van der Waals surface area contributed by atoms with Gasteiger partial charge in [0.05, 0.1) is 23.1 Å². The number of hydrogen-bond acceptors (Lipinski definition) is 6. The number of aromatic amines is 1. The fourth-order valence-electron chi connectivity index (χ4n) is 3.25. The van der Waals surface area contributed by atoms with Crippen molar-refractivity contribution in [2.24, 2.45) is 0 Å². The van der Waals surface area contributed by atoms with Crippen LogP contribution in [-0.2, 0) is 11.3 Å². The first-order valence-corrected chi connectivity index (χ1v) is 10.3. The number of ketones is 1. The SMILES string of the molecule is CCOC(=O)c1c(C)[nH]c(C(=O)[C@H](C)Sc2nnc(C3CC3)n2CC)c1C. The second kappa shape index (κ2) is 7.88. The van der Waals surface area contributed by atoms with E-state index in [-0.39, 0.29) is 11.0 Å². The standard InChI is InChI=1S/C19H26N4O3S/c1-6-23-17(13-8-9-13)21-22-19(23)27-12(5)16(24)15-10(3)14(11(4)20-15)18(25)26-7-2/h12-13,20H,6-9H2,1-5H3/t12-/m0/s1. The summed E-state index contributed by atoms with van der Waals surface area (Å²) in [4.78, 5) is 28.2. The summed E-state index contributed by atoms with van der Waals surface area (Å²) < 4.78 is 7.20. The monoisotopic (exact) mass is 390 g/mol. The molecule has 1 N–H and O–H groups in total. The van der Waals surface area contributed by atoms with Crippen LogP contribution in [0.5, 0.6) is 0 Å².